The molecular weight excluding hydrogens is 115 g/mol. The maximum atomic E-state index is 2.20. The van der Waals surface area contributed by atoms with Gasteiger partial charge in [-0.3, -0.25) is 0 Å². The molecular formula is C9H13Li. The fraction of sp³-hybridized carbons (Fsp3) is 0.333. The third-order valence-electron chi connectivity index (χ3n) is 1.47. The Labute approximate surface area is 76.3 Å². The van der Waals surface area contributed by atoms with Gasteiger partial charge in [0.2, 0.25) is 0 Å². The molecule has 50 valence electrons. The van der Waals surface area contributed by atoms with Crippen LogP contribution in [0.15, 0.2) is 30.3 Å². The normalized spacial score (nSPS) is 9.10. The molecule has 0 amide bonds. The molecule has 0 aliphatic heterocycles. The molecule has 1 heteroatoms. The summed E-state index contributed by atoms with van der Waals surface area (Å²) >= 11 is 0. The Balaban J connectivity index is 0. The first kappa shape index (κ1) is 9.82. The Morgan fingerprint density at radius 2 is 1.60 bits per heavy atom. The summed E-state index contributed by atoms with van der Waals surface area (Å²) in [6, 6.07) is 10.5. The summed E-state index contributed by atoms with van der Waals surface area (Å²) in [6.07, 6.45) is 0. The summed E-state index contributed by atoms with van der Waals surface area (Å²) in [7, 11) is 0. The van der Waals surface area contributed by atoms with Crippen LogP contribution in [0.5, 0.6) is 0 Å². The van der Waals surface area contributed by atoms with E-state index in [4.69, 9.17) is 0 Å². The summed E-state index contributed by atoms with van der Waals surface area (Å²) < 4.78 is 0. The Morgan fingerprint density at radius 3 is 1.90 bits per heavy atom. The van der Waals surface area contributed by atoms with E-state index in [-0.39, 0.29) is 20.3 Å². The molecule has 1 aromatic rings. The van der Waals surface area contributed by atoms with Crippen LogP contribution in [0.4, 0.5) is 0 Å². The first-order chi connectivity index (χ1) is 4.30. The smallest absolute Gasteiger partial charge is 1.00 e. The van der Waals surface area contributed by atoms with E-state index >= 15 is 0 Å². The van der Waals surface area contributed by atoms with Crippen LogP contribution < -0.4 is 18.9 Å². The molecule has 0 fully saturated rings. The second-order valence-electron chi connectivity index (χ2n) is 2.57. The van der Waals surface area contributed by atoms with Crippen LogP contribution in [0.1, 0.15) is 26.8 Å². The number of benzene rings is 1. The summed E-state index contributed by atoms with van der Waals surface area (Å²) in [5.41, 5.74) is 1.41. The number of hydrogen-bond donors (Lipinski definition) is 0. The largest absolute Gasteiger partial charge is 1.00 e. The van der Waals surface area contributed by atoms with Crippen molar-refractivity contribution in [2.24, 2.45) is 0 Å². The second kappa shape index (κ2) is 4.60. The molecule has 1 rings (SSSR count). The van der Waals surface area contributed by atoms with E-state index in [0.717, 1.165) is 0 Å². The van der Waals surface area contributed by atoms with E-state index in [9.17, 15) is 0 Å². The first-order valence-electron chi connectivity index (χ1n) is 3.35. The van der Waals surface area contributed by atoms with Gasteiger partial charge in [-0.25, -0.2) is 0 Å². The summed E-state index contributed by atoms with van der Waals surface area (Å²) in [5.74, 6) is 0.659. The molecule has 0 spiro atoms. The second-order valence-corrected chi connectivity index (χ2v) is 2.57. The van der Waals surface area contributed by atoms with Gasteiger partial charge in [0.25, 0.3) is 0 Å². The fourth-order valence-corrected chi connectivity index (χ4v) is 0.838. The molecule has 0 unspecified atom stereocenters. The van der Waals surface area contributed by atoms with Gasteiger partial charge in [-0.05, 0) is 11.5 Å². The van der Waals surface area contributed by atoms with E-state index in [1.54, 1.807) is 0 Å². The van der Waals surface area contributed by atoms with E-state index in [2.05, 4.69) is 38.1 Å². The van der Waals surface area contributed by atoms with Crippen molar-refractivity contribution in [3.8, 4) is 0 Å². The van der Waals surface area contributed by atoms with Crippen LogP contribution >= 0.6 is 0 Å². The van der Waals surface area contributed by atoms with Crippen molar-refractivity contribution < 1.29 is 20.3 Å². The molecule has 0 atom stereocenters. The molecule has 0 aromatic heterocycles. The van der Waals surface area contributed by atoms with Crippen LogP contribution in [-0.2, 0) is 0 Å². The molecule has 0 bridgehead atoms. The third-order valence-corrected chi connectivity index (χ3v) is 1.47. The average Bonchev–Trinajstić information content (AvgIpc) is 1.90. The molecule has 10 heavy (non-hydrogen) atoms. The molecule has 0 nitrogen and oxygen atoms in total. The van der Waals surface area contributed by atoms with Crippen LogP contribution in [0.2, 0.25) is 0 Å². The van der Waals surface area contributed by atoms with Gasteiger partial charge in [0.1, 0.15) is 0 Å². The number of rotatable bonds is 1. The standard InChI is InChI=1S/C9H12.Li.H/c1-8(2)9-6-4-3-5-7-9;;/h3-8H,1-2H3;;/q;+1;-1. The maximum absolute atomic E-state index is 2.20. The minimum Gasteiger partial charge on any atom is -1.00 e. The maximum Gasteiger partial charge on any atom is 1.00 e. The summed E-state index contributed by atoms with van der Waals surface area (Å²) in [6.45, 7) is 4.41. The van der Waals surface area contributed by atoms with Gasteiger partial charge < -0.3 is 1.43 Å². The van der Waals surface area contributed by atoms with Crippen LogP contribution in [0.25, 0.3) is 0 Å². The van der Waals surface area contributed by atoms with Gasteiger partial charge in [0.05, 0.1) is 0 Å². The average molecular weight is 128 g/mol. The van der Waals surface area contributed by atoms with Gasteiger partial charge >= 0.3 is 18.9 Å². The SMILES string of the molecule is CC(C)c1ccccc1.[H-].[Li+]. The van der Waals surface area contributed by atoms with Crippen molar-refractivity contribution in [2.45, 2.75) is 19.8 Å². The van der Waals surface area contributed by atoms with E-state index < -0.39 is 0 Å². The Kier molecular flexibility index (Phi) is 4.52. The summed E-state index contributed by atoms with van der Waals surface area (Å²) in [5, 5.41) is 0. The minimum absolute atomic E-state index is 0. The minimum atomic E-state index is 0. The van der Waals surface area contributed by atoms with Crippen molar-refractivity contribution in [3.05, 3.63) is 35.9 Å². The van der Waals surface area contributed by atoms with Crippen molar-refractivity contribution in [1.29, 1.82) is 0 Å². The van der Waals surface area contributed by atoms with Crippen LogP contribution in [0.3, 0.4) is 0 Å². The van der Waals surface area contributed by atoms with Gasteiger partial charge in [-0.2, -0.15) is 0 Å². The van der Waals surface area contributed by atoms with Crippen molar-refractivity contribution in [2.75, 3.05) is 0 Å². The van der Waals surface area contributed by atoms with Gasteiger partial charge in [0, 0.05) is 0 Å². The Hall–Kier alpha value is -0.183. The first-order valence-corrected chi connectivity index (χ1v) is 3.35. The third kappa shape index (κ3) is 2.60. The quantitative estimate of drug-likeness (QED) is 0.464. The van der Waals surface area contributed by atoms with E-state index in [0.29, 0.717) is 5.92 Å². The molecule has 0 saturated carbocycles. The predicted octanol–water partition coefficient (Wildman–Crippen LogP) is -0.0735. The molecule has 0 aliphatic carbocycles. The van der Waals surface area contributed by atoms with E-state index in [1.165, 1.54) is 5.56 Å². The van der Waals surface area contributed by atoms with Crippen molar-refractivity contribution in [3.63, 3.8) is 0 Å². The van der Waals surface area contributed by atoms with Gasteiger partial charge in [0.15, 0.2) is 0 Å². The molecule has 0 N–H and O–H groups in total. The summed E-state index contributed by atoms with van der Waals surface area (Å²) in [4.78, 5) is 0. The van der Waals surface area contributed by atoms with Crippen molar-refractivity contribution in [1.82, 2.24) is 0 Å². The van der Waals surface area contributed by atoms with Gasteiger partial charge in [-0.1, -0.05) is 44.2 Å². The van der Waals surface area contributed by atoms with Gasteiger partial charge in [-0.15, -0.1) is 0 Å². The fourth-order valence-electron chi connectivity index (χ4n) is 0.838. The van der Waals surface area contributed by atoms with Crippen molar-refractivity contribution >= 4 is 0 Å². The predicted molar refractivity (Wildman–Crippen MR) is 41.6 cm³/mol. The van der Waals surface area contributed by atoms with Crippen LogP contribution in [0, 0.1) is 0 Å². The zero-order chi connectivity index (χ0) is 6.69. The van der Waals surface area contributed by atoms with E-state index in [1.807, 2.05) is 6.07 Å². The zero-order valence-corrected chi connectivity index (χ0v) is 6.96. The number of hydrogen-bond acceptors (Lipinski definition) is 0. The molecule has 1 aromatic carbocycles. The topological polar surface area (TPSA) is 0 Å². The molecule has 0 aliphatic rings. The Bertz CT molecular complexity index is 172. The monoisotopic (exact) mass is 128 g/mol. The molecule has 0 saturated heterocycles. The zero-order valence-electron chi connectivity index (χ0n) is 7.96. The van der Waals surface area contributed by atoms with Crippen LogP contribution in [-0.4, -0.2) is 0 Å². The molecule has 0 radical (unpaired) electrons. The Morgan fingerprint density at radius 1 is 1.10 bits per heavy atom. The molecule has 0 heterocycles.